The summed E-state index contributed by atoms with van der Waals surface area (Å²) in [5.41, 5.74) is 2.85. The molecule has 0 spiro atoms. The average Bonchev–Trinajstić information content (AvgIpc) is 3.55. The van der Waals surface area contributed by atoms with Crippen LogP contribution in [-0.2, 0) is 6.54 Å². The fraction of sp³-hybridized carbons (Fsp3) is 0.231. The zero-order valence-corrected chi connectivity index (χ0v) is 20.3. The van der Waals surface area contributed by atoms with Crippen LogP contribution < -0.4 is 10.3 Å². The Kier molecular flexibility index (Phi) is 5.75. The molecule has 3 heterocycles. The van der Waals surface area contributed by atoms with Crippen LogP contribution in [-0.4, -0.2) is 41.9 Å². The summed E-state index contributed by atoms with van der Waals surface area (Å²) in [4.78, 5) is 24.7. The van der Waals surface area contributed by atoms with Crippen molar-refractivity contribution in [2.75, 3.05) is 7.11 Å². The van der Waals surface area contributed by atoms with E-state index < -0.39 is 0 Å². The van der Waals surface area contributed by atoms with Crippen LogP contribution in [0, 0.1) is 11.8 Å². The Morgan fingerprint density at radius 1 is 1.14 bits per heavy atom. The second-order valence-electron chi connectivity index (χ2n) is 8.51. The summed E-state index contributed by atoms with van der Waals surface area (Å²) in [6.45, 7) is 0.308. The molecular weight excluding hydrogens is 474 g/mol. The minimum Gasteiger partial charge on any atom is -0.497 e. The number of fused-ring (bicyclic) bond motifs is 1. The van der Waals surface area contributed by atoms with Crippen molar-refractivity contribution in [3.63, 3.8) is 0 Å². The molecule has 6 rings (SSSR count). The van der Waals surface area contributed by atoms with Gasteiger partial charge in [-0.1, -0.05) is 24.6 Å². The molecule has 2 aromatic carbocycles. The highest BCUT2D eigenvalue weighted by atomic mass is 32.1. The summed E-state index contributed by atoms with van der Waals surface area (Å²) in [6.07, 6.45) is 4.99. The van der Waals surface area contributed by atoms with Crippen molar-refractivity contribution in [1.82, 2.24) is 34.7 Å². The van der Waals surface area contributed by atoms with E-state index in [0.29, 0.717) is 45.6 Å². The molecule has 0 radical (unpaired) electrons. The number of ether oxygens (including phenoxy) is 1. The second kappa shape index (κ2) is 9.36. The third-order valence-corrected chi connectivity index (χ3v) is 7.11. The molecule has 0 amide bonds. The number of aromatic nitrogens is 7. The predicted octanol–water partition coefficient (Wildman–Crippen LogP) is 3.55. The molecule has 0 atom stereocenters. The van der Waals surface area contributed by atoms with Gasteiger partial charge in [0, 0.05) is 17.4 Å². The first kappa shape index (κ1) is 22.1. The number of methoxy groups -OCH3 is 1. The van der Waals surface area contributed by atoms with E-state index in [9.17, 15) is 4.79 Å². The third-order valence-electron chi connectivity index (χ3n) is 6.34. The van der Waals surface area contributed by atoms with Crippen LogP contribution in [0.4, 0.5) is 0 Å². The molecule has 1 fully saturated rings. The van der Waals surface area contributed by atoms with E-state index in [1.54, 1.807) is 19.2 Å². The van der Waals surface area contributed by atoms with Gasteiger partial charge in [-0.15, -0.1) is 21.5 Å². The lowest BCUT2D eigenvalue weighted by Gasteiger charge is -2.22. The molecular formula is C26H21N7O2S. The second-order valence-corrected chi connectivity index (χ2v) is 9.37. The lowest BCUT2D eigenvalue weighted by atomic mass is 9.83. The molecule has 1 aliphatic rings. The molecule has 0 aliphatic heterocycles. The maximum atomic E-state index is 13.8. The normalized spacial score (nSPS) is 13.2. The van der Waals surface area contributed by atoms with Gasteiger partial charge in [0.2, 0.25) is 0 Å². The van der Waals surface area contributed by atoms with Crippen LogP contribution in [0.15, 0.2) is 59.0 Å². The number of hydrogen-bond acceptors (Lipinski definition) is 8. The van der Waals surface area contributed by atoms with Crippen LogP contribution >= 0.6 is 11.3 Å². The van der Waals surface area contributed by atoms with Crippen LogP contribution in [0.2, 0.25) is 0 Å². The number of nitrogens with zero attached hydrogens (tertiary/aromatic N) is 7. The Bertz CT molecular complexity index is 1670. The van der Waals surface area contributed by atoms with Gasteiger partial charge in [0.1, 0.15) is 5.75 Å². The molecule has 178 valence electrons. The Balaban J connectivity index is 1.53. The number of benzene rings is 2. The molecule has 3 aromatic heterocycles. The molecule has 0 saturated heterocycles. The van der Waals surface area contributed by atoms with Gasteiger partial charge in [0.05, 0.1) is 35.9 Å². The summed E-state index contributed by atoms with van der Waals surface area (Å²) in [5.74, 6) is 7.74. The molecule has 0 bridgehead atoms. The quantitative estimate of drug-likeness (QED) is 0.344. The van der Waals surface area contributed by atoms with Crippen LogP contribution in [0.3, 0.4) is 0 Å². The van der Waals surface area contributed by atoms with Gasteiger partial charge in [0.15, 0.2) is 17.2 Å². The van der Waals surface area contributed by atoms with Gasteiger partial charge < -0.3 is 4.74 Å². The molecule has 10 heteroatoms. The van der Waals surface area contributed by atoms with Gasteiger partial charge in [-0.3, -0.25) is 9.36 Å². The summed E-state index contributed by atoms with van der Waals surface area (Å²) in [5, 5.41) is 15.2. The van der Waals surface area contributed by atoms with Crippen molar-refractivity contribution >= 4 is 22.2 Å². The Morgan fingerprint density at radius 3 is 2.81 bits per heavy atom. The molecule has 9 nitrogen and oxygen atoms in total. The molecule has 1 aliphatic carbocycles. The van der Waals surface area contributed by atoms with Crippen molar-refractivity contribution < 1.29 is 4.74 Å². The molecule has 0 N–H and O–H groups in total. The van der Waals surface area contributed by atoms with Crippen molar-refractivity contribution in [2.24, 2.45) is 0 Å². The van der Waals surface area contributed by atoms with Crippen molar-refractivity contribution in [3.8, 4) is 23.3 Å². The maximum absolute atomic E-state index is 13.8. The monoisotopic (exact) mass is 495 g/mol. The first-order valence-electron chi connectivity index (χ1n) is 11.6. The number of para-hydroxylation sites is 1. The first-order valence-corrected chi connectivity index (χ1v) is 12.4. The van der Waals surface area contributed by atoms with Gasteiger partial charge in [-0.05, 0) is 53.7 Å². The first-order chi connectivity index (χ1) is 17.7. The van der Waals surface area contributed by atoms with Gasteiger partial charge in [0.25, 0.3) is 5.56 Å². The molecule has 1 saturated carbocycles. The highest BCUT2D eigenvalue weighted by Crippen LogP contribution is 2.36. The lowest BCUT2D eigenvalue weighted by molar-refractivity contribution is 0.412. The van der Waals surface area contributed by atoms with Crippen molar-refractivity contribution in [3.05, 3.63) is 86.6 Å². The molecule has 0 unspecified atom stereocenters. The minimum absolute atomic E-state index is 0.222. The number of thiazole rings is 1. The Morgan fingerprint density at radius 2 is 2.03 bits per heavy atom. The molecule has 5 aromatic rings. The van der Waals surface area contributed by atoms with E-state index in [4.69, 9.17) is 14.7 Å². The van der Waals surface area contributed by atoms with E-state index in [2.05, 4.69) is 32.6 Å². The predicted molar refractivity (Wildman–Crippen MR) is 135 cm³/mol. The highest BCUT2D eigenvalue weighted by Gasteiger charge is 2.22. The van der Waals surface area contributed by atoms with Crippen molar-refractivity contribution in [1.29, 1.82) is 0 Å². The smallest absolute Gasteiger partial charge is 0.266 e. The number of hydrogen-bond donors (Lipinski definition) is 0. The summed E-state index contributed by atoms with van der Waals surface area (Å²) in [6, 6.07) is 12.8. The van der Waals surface area contributed by atoms with E-state index in [1.807, 2.05) is 30.3 Å². The van der Waals surface area contributed by atoms with Crippen LogP contribution in [0.25, 0.3) is 16.6 Å². The van der Waals surface area contributed by atoms with E-state index in [1.165, 1.54) is 46.3 Å². The van der Waals surface area contributed by atoms with Gasteiger partial charge >= 0.3 is 0 Å². The van der Waals surface area contributed by atoms with Crippen LogP contribution in [0.1, 0.15) is 47.3 Å². The molecule has 36 heavy (non-hydrogen) atoms. The fourth-order valence-corrected chi connectivity index (χ4v) is 4.96. The maximum Gasteiger partial charge on any atom is 0.266 e. The van der Waals surface area contributed by atoms with Crippen molar-refractivity contribution in [2.45, 2.75) is 31.7 Å². The van der Waals surface area contributed by atoms with Crippen LogP contribution in [0.5, 0.6) is 5.75 Å². The van der Waals surface area contributed by atoms with Gasteiger partial charge in [-0.25, -0.2) is 9.97 Å². The average molecular weight is 496 g/mol. The minimum atomic E-state index is -0.222. The zero-order valence-electron chi connectivity index (χ0n) is 19.5. The lowest BCUT2D eigenvalue weighted by Crippen LogP contribution is -2.24. The summed E-state index contributed by atoms with van der Waals surface area (Å²) in [7, 11) is 1.59. The topological polar surface area (TPSA) is 101 Å². The summed E-state index contributed by atoms with van der Waals surface area (Å²) < 4.78 is 7.01. The van der Waals surface area contributed by atoms with E-state index >= 15 is 0 Å². The third kappa shape index (κ3) is 4.14. The van der Waals surface area contributed by atoms with E-state index in [-0.39, 0.29) is 5.56 Å². The van der Waals surface area contributed by atoms with E-state index in [0.717, 1.165) is 11.3 Å². The highest BCUT2D eigenvalue weighted by molar-refractivity contribution is 7.10. The number of rotatable bonds is 5. The largest absolute Gasteiger partial charge is 0.497 e. The SMILES string of the molecule is COc1ccc(Cn2ncnn2)c(-n2c(C#Cc3nc(C4CCC4)cs3)nc3ccccc3c2=O)c1. The Hall–Kier alpha value is -4.36. The standard InChI is InChI=1S/C26H21N7O2S/c1-35-19-10-9-18(14-32-28-16-27-31-32)23(13-19)33-24(29-21-8-3-2-7-20(21)26(33)34)11-12-25-30-22(15-36-25)17-5-4-6-17/h2-3,7-10,13,15-17H,4-6,14H2,1H3. The summed E-state index contributed by atoms with van der Waals surface area (Å²) >= 11 is 1.52. The fourth-order valence-electron chi connectivity index (χ4n) is 4.21. The Labute approximate surface area is 210 Å². The van der Waals surface area contributed by atoms with Gasteiger partial charge in [-0.2, -0.15) is 4.80 Å². The number of tetrazole rings is 1. The zero-order chi connectivity index (χ0) is 24.5.